The molecular formula is C26H37N5O. The van der Waals surface area contributed by atoms with Crippen molar-refractivity contribution in [2.24, 2.45) is 0 Å². The van der Waals surface area contributed by atoms with Gasteiger partial charge >= 0.3 is 0 Å². The molecule has 2 N–H and O–H groups in total. The highest BCUT2D eigenvalue weighted by atomic mass is 16.5. The lowest BCUT2D eigenvalue weighted by molar-refractivity contribution is -0.0540. The minimum absolute atomic E-state index is 0.414. The molecule has 0 aliphatic carbocycles. The molecule has 6 nitrogen and oxygen atoms in total. The summed E-state index contributed by atoms with van der Waals surface area (Å²) in [4.78, 5) is 8.71. The Morgan fingerprint density at radius 2 is 1.78 bits per heavy atom. The van der Waals surface area contributed by atoms with Crippen molar-refractivity contribution in [2.45, 2.75) is 71.1 Å². The molecule has 2 aliphatic heterocycles. The van der Waals surface area contributed by atoms with Crippen LogP contribution in [0.1, 0.15) is 52.0 Å². The van der Waals surface area contributed by atoms with E-state index < -0.39 is 0 Å². The Hall–Kier alpha value is -2.31. The summed E-state index contributed by atoms with van der Waals surface area (Å²) in [5.74, 6) is 0. The number of aromatic amines is 2. The Morgan fingerprint density at radius 1 is 1.06 bits per heavy atom. The number of H-pyrrole nitrogens is 2. The van der Waals surface area contributed by atoms with Crippen molar-refractivity contribution in [3.63, 3.8) is 0 Å². The molecule has 4 heterocycles. The van der Waals surface area contributed by atoms with E-state index in [1.807, 2.05) is 12.4 Å². The van der Waals surface area contributed by atoms with E-state index in [0.717, 1.165) is 37.9 Å². The minimum Gasteiger partial charge on any atom is -0.375 e. The van der Waals surface area contributed by atoms with Crippen LogP contribution in [0, 0.1) is 0 Å². The molecule has 1 aromatic carbocycles. The highest BCUT2D eigenvalue weighted by Gasteiger charge is 2.27. The topological polar surface area (TPSA) is 60.2 Å². The lowest BCUT2D eigenvalue weighted by Crippen LogP contribution is -2.43. The number of nitrogens with zero attached hydrogens (tertiary/aromatic N) is 3. The third-order valence-corrected chi connectivity index (χ3v) is 7.43. The van der Waals surface area contributed by atoms with Gasteiger partial charge in [-0.2, -0.15) is 5.10 Å². The van der Waals surface area contributed by atoms with Crippen LogP contribution in [-0.4, -0.2) is 64.5 Å². The molecule has 2 saturated heterocycles. The first-order valence-corrected chi connectivity index (χ1v) is 12.4. The number of nitrogens with one attached hydrogen (secondary N) is 2. The quantitative estimate of drug-likeness (QED) is 0.573. The molecule has 0 unspecified atom stereocenters. The summed E-state index contributed by atoms with van der Waals surface area (Å²) >= 11 is 0. The summed E-state index contributed by atoms with van der Waals surface area (Å²) in [6.45, 7) is 11.3. The van der Waals surface area contributed by atoms with Gasteiger partial charge in [-0.3, -0.25) is 5.10 Å². The maximum absolute atomic E-state index is 6.53. The minimum atomic E-state index is 0.414. The summed E-state index contributed by atoms with van der Waals surface area (Å²) in [6.07, 6.45) is 10.3. The van der Waals surface area contributed by atoms with Gasteiger partial charge in [0.05, 0.1) is 24.1 Å². The Labute approximate surface area is 191 Å². The normalized spacial score (nSPS) is 19.4. The van der Waals surface area contributed by atoms with Crippen LogP contribution >= 0.6 is 0 Å². The van der Waals surface area contributed by atoms with Crippen molar-refractivity contribution < 1.29 is 4.74 Å². The molecule has 6 heteroatoms. The fourth-order valence-electron chi connectivity index (χ4n) is 5.48. The first-order valence-electron chi connectivity index (χ1n) is 12.4. The van der Waals surface area contributed by atoms with E-state index in [1.54, 1.807) is 0 Å². The zero-order valence-electron chi connectivity index (χ0n) is 19.7. The first-order chi connectivity index (χ1) is 15.6. The standard InChI is InChI=1S/C26H37N5O/c1-4-23-24-15-20(5-6-25(24)29-26(23)19-16-27-28-17-19)31-13-9-22(10-14-31)32-21-7-11-30(12-8-21)18(2)3/h5-6,15-18,21-22,29H,4,7-14H2,1-3H3,(H,27,28). The van der Waals surface area contributed by atoms with Crippen molar-refractivity contribution in [2.75, 3.05) is 31.1 Å². The van der Waals surface area contributed by atoms with Crippen LogP contribution in [0.25, 0.3) is 22.2 Å². The maximum atomic E-state index is 6.53. The van der Waals surface area contributed by atoms with E-state index in [-0.39, 0.29) is 0 Å². The molecule has 2 fully saturated rings. The molecule has 172 valence electrons. The van der Waals surface area contributed by atoms with E-state index in [9.17, 15) is 0 Å². The van der Waals surface area contributed by atoms with Crippen LogP contribution in [-0.2, 0) is 11.2 Å². The van der Waals surface area contributed by atoms with Crippen LogP contribution < -0.4 is 4.90 Å². The van der Waals surface area contributed by atoms with Gasteiger partial charge in [-0.25, -0.2) is 0 Å². The Morgan fingerprint density at radius 3 is 2.41 bits per heavy atom. The van der Waals surface area contributed by atoms with Crippen molar-refractivity contribution in [3.8, 4) is 11.3 Å². The molecule has 0 bridgehead atoms. The highest BCUT2D eigenvalue weighted by Crippen LogP contribution is 2.34. The monoisotopic (exact) mass is 435 g/mol. The van der Waals surface area contributed by atoms with Crippen LogP contribution in [0.2, 0.25) is 0 Å². The van der Waals surface area contributed by atoms with Crippen molar-refractivity contribution in [1.29, 1.82) is 0 Å². The first kappa shape index (κ1) is 21.5. The van der Waals surface area contributed by atoms with Gasteiger partial charge in [0.1, 0.15) is 0 Å². The highest BCUT2D eigenvalue weighted by molar-refractivity contribution is 5.93. The van der Waals surface area contributed by atoms with E-state index in [4.69, 9.17) is 4.74 Å². The summed E-state index contributed by atoms with van der Waals surface area (Å²) in [5, 5.41) is 8.39. The summed E-state index contributed by atoms with van der Waals surface area (Å²) in [5.41, 5.74) is 6.21. The van der Waals surface area contributed by atoms with Crippen LogP contribution in [0.3, 0.4) is 0 Å². The predicted octanol–water partition coefficient (Wildman–Crippen LogP) is 4.98. The number of rotatable bonds is 6. The van der Waals surface area contributed by atoms with Crippen LogP contribution in [0.4, 0.5) is 5.69 Å². The average Bonchev–Trinajstić information content (AvgIpc) is 3.47. The number of aromatic nitrogens is 3. The number of benzene rings is 1. The molecule has 0 saturated carbocycles. The second-order valence-corrected chi connectivity index (χ2v) is 9.70. The molecule has 0 spiro atoms. The van der Waals surface area contributed by atoms with Crippen molar-refractivity contribution in [3.05, 3.63) is 36.2 Å². The van der Waals surface area contributed by atoms with Gasteiger partial charge in [0.2, 0.25) is 0 Å². The van der Waals surface area contributed by atoms with E-state index >= 15 is 0 Å². The number of hydrogen-bond acceptors (Lipinski definition) is 4. The second-order valence-electron chi connectivity index (χ2n) is 9.70. The summed E-state index contributed by atoms with van der Waals surface area (Å²) in [7, 11) is 0. The van der Waals surface area contributed by atoms with Gasteiger partial charge < -0.3 is 19.5 Å². The van der Waals surface area contributed by atoms with Gasteiger partial charge in [0.15, 0.2) is 0 Å². The zero-order chi connectivity index (χ0) is 22.1. The summed E-state index contributed by atoms with van der Waals surface area (Å²) < 4.78 is 6.53. The molecular weight excluding hydrogens is 398 g/mol. The lowest BCUT2D eigenvalue weighted by Gasteiger charge is -2.38. The largest absolute Gasteiger partial charge is 0.375 e. The summed E-state index contributed by atoms with van der Waals surface area (Å²) in [6, 6.07) is 7.52. The number of likely N-dealkylation sites (tertiary alicyclic amines) is 1. The van der Waals surface area contributed by atoms with Gasteiger partial charge in [0.25, 0.3) is 0 Å². The number of aryl methyl sites for hydroxylation is 1. The van der Waals surface area contributed by atoms with E-state index in [2.05, 4.69) is 64.0 Å². The molecule has 0 radical (unpaired) electrons. The molecule has 32 heavy (non-hydrogen) atoms. The number of piperidine rings is 2. The number of anilines is 1. The lowest BCUT2D eigenvalue weighted by atomic mass is 10.0. The third kappa shape index (κ3) is 4.30. The van der Waals surface area contributed by atoms with Gasteiger partial charge in [-0.1, -0.05) is 6.92 Å². The number of fused-ring (bicyclic) bond motifs is 1. The average molecular weight is 436 g/mol. The fourth-order valence-corrected chi connectivity index (χ4v) is 5.48. The number of hydrogen-bond donors (Lipinski definition) is 2. The Bertz CT molecular complexity index is 1010. The van der Waals surface area contributed by atoms with Gasteiger partial charge in [-0.05, 0) is 69.7 Å². The van der Waals surface area contributed by atoms with E-state index in [0.29, 0.717) is 18.2 Å². The van der Waals surface area contributed by atoms with Crippen LogP contribution in [0.15, 0.2) is 30.6 Å². The molecule has 2 aliphatic rings. The Balaban J connectivity index is 1.22. The van der Waals surface area contributed by atoms with E-state index in [1.165, 1.54) is 53.8 Å². The Kier molecular flexibility index (Phi) is 6.24. The molecule has 0 atom stereocenters. The second kappa shape index (κ2) is 9.28. The third-order valence-electron chi connectivity index (χ3n) is 7.43. The van der Waals surface area contributed by atoms with Gasteiger partial charge in [-0.15, -0.1) is 0 Å². The van der Waals surface area contributed by atoms with Crippen molar-refractivity contribution in [1.82, 2.24) is 20.1 Å². The predicted molar refractivity (Wildman–Crippen MR) is 131 cm³/mol. The number of ether oxygens (including phenoxy) is 1. The maximum Gasteiger partial charge on any atom is 0.0612 e. The molecule has 5 rings (SSSR count). The SMILES string of the molecule is CCc1c(-c2cn[nH]c2)[nH]c2ccc(N3CCC(OC4CCN(C(C)C)CC4)CC3)cc12. The smallest absolute Gasteiger partial charge is 0.0612 e. The zero-order valence-corrected chi connectivity index (χ0v) is 19.7. The molecule has 3 aromatic rings. The molecule has 0 amide bonds. The van der Waals surface area contributed by atoms with Crippen molar-refractivity contribution >= 4 is 16.6 Å². The molecule has 2 aromatic heterocycles. The van der Waals surface area contributed by atoms with Crippen LogP contribution in [0.5, 0.6) is 0 Å². The fraction of sp³-hybridized carbons (Fsp3) is 0.577. The van der Waals surface area contributed by atoms with Gasteiger partial charge in [0, 0.05) is 60.6 Å².